The molecule has 2 heterocycles. The summed E-state index contributed by atoms with van der Waals surface area (Å²) in [7, 11) is -3.67. The second-order valence-corrected chi connectivity index (χ2v) is 8.77. The van der Waals surface area contributed by atoms with Gasteiger partial charge in [0.2, 0.25) is 15.9 Å². The lowest BCUT2D eigenvalue weighted by atomic mass is 9.97. The second-order valence-electron chi connectivity index (χ2n) is 6.90. The van der Waals surface area contributed by atoms with Gasteiger partial charge in [0.05, 0.1) is 0 Å². The zero-order valence-electron chi connectivity index (χ0n) is 16.1. The first kappa shape index (κ1) is 22.2. The maximum absolute atomic E-state index is 12.9. The third kappa shape index (κ3) is 4.31. The van der Waals surface area contributed by atoms with Gasteiger partial charge in [-0.1, -0.05) is 11.2 Å². The van der Waals surface area contributed by atoms with Gasteiger partial charge in [-0.05, 0) is 51.3 Å². The average Bonchev–Trinajstić information content (AvgIpc) is 2.97. The monoisotopic (exact) mass is 428 g/mol. The molecule has 3 rings (SSSR count). The third-order valence-corrected chi connectivity index (χ3v) is 7.05. The van der Waals surface area contributed by atoms with Gasteiger partial charge in [0.1, 0.15) is 10.6 Å². The Labute approximate surface area is 170 Å². The van der Waals surface area contributed by atoms with Crippen LogP contribution in [0.3, 0.4) is 0 Å². The van der Waals surface area contributed by atoms with E-state index in [-0.39, 0.29) is 48.0 Å². The Kier molecular flexibility index (Phi) is 6.74. The van der Waals surface area contributed by atoms with Crippen molar-refractivity contribution >= 4 is 39.7 Å². The van der Waals surface area contributed by atoms with Crippen LogP contribution < -0.4 is 11.1 Å². The third-order valence-electron chi connectivity index (χ3n) is 4.91. The Bertz CT molecular complexity index is 946. The molecule has 10 heteroatoms. The quantitative estimate of drug-likeness (QED) is 0.722. The Morgan fingerprint density at radius 3 is 2.46 bits per heavy atom. The topological polar surface area (TPSA) is 119 Å². The molecule has 0 unspecified atom stereocenters. The van der Waals surface area contributed by atoms with Crippen molar-refractivity contribution in [1.29, 1.82) is 0 Å². The minimum atomic E-state index is -3.67. The number of nitrogens with one attached hydrogen (secondary N) is 1. The molecule has 2 aromatic rings. The van der Waals surface area contributed by atoms with Crippen molar-refractivity contribution < 1.29 is 17.7 Å². The van der Waals surface area contributed by atoms with Gasteiger partial charge in [0.15, 0.2) is 5.76 Å². The van der Waals surface area contributed by atoms with Gasteiger partial charge in [0.25, 0.3) is 0 Å². The first-order valence-electron chi connectivity index (χ1n) is 8.80. The molecule has 1 fully saturated rings. The van der Waals surface area contributed by atoms with E-state index in [1.54, 1.807) is 26.0 Å². The number of hydrogen-bond donors (Lipinski definition) is 2. The lowest BCUT2D eigenvalue weighted by Gasteiger charge is -2.30. The summed E-state index contributed by atoms with van der Waals surface area (Å²) in [5.74, 6) is -0.0791. The molecule has 1 amide bonds. The minimum Gasteiger partial charge on any atom is -0.399 e. The predicted octanol–water partition coefficient (Wildman–Crippen LogP) is 2.64. The van der Waals surface area contributed by atoms with E-state index in [4.69, 9.17) is 10.3 Å². The van der Waals surface area contributed by atoms with Gasteiger partial charge < -0.3 is 15.6 Å². The number of piperidine rings is 1. The number of halogens is 1. The predicted molar refractivity (Wildman–Crippen MR) is 109 cm³/mol. The van der Waals surface area contributed by atoms with Gasteiger partial charge in [-0.25, -0.2) is 8.42 Å². The zero-order valence-corrected chi connectivity index (χ0v) is 17.7. The van der Waals surface area contributed by atoms with E-state index in [1.165, 1.54) is 4.31 Å². The van der Waals surface area contributed by atoms with E-state index >= 15 is 0 Å². The average molecular weight is 429 g/mol. The highest BCUT2D eigenvalue weighted by Gasteiger charge is 2.35. The summed E-state index contributed by atoms with van der Waals surface area (Å²) >= 11 is 0. The van der Waals surface area contributed by atoms with Crippen LogP contribution in [0.25, 0.3) is 0 Å². The highest BCUT2D eigenvalue weighted by Crippen LogP contribution is 2.28. The number of amides is 1. The normalized spacial score (nSPS) is 15.8. The van der Waals surface area contributed by atoms with E-state index in [1.807, 2.05) is 13.0 Å². The van der Waals surface area contributed by atoms with E-state index in [0.29, 0.717) is 29.9 Å². The Balaban J connectivity index is 0.00000280. The number of aromatic nitrogens is 1. The van der Waals surface area contributed by atoms with Gasteiger partial charge in [-0.15, -0.1) is 12.4 Å². The van der Waals surface area contributed by atoms with Crippen molar-refractivity contribution in [1.82, 2.24) is 9.46 Å². The van der Waals surface area contributed by atoms with Crippen molar-refractivity contribution in [2.24, 2.45) is 5.92 Å². The molecule has 0 radical (unpaired) electrons. The summed E-state index contributed by atoms with van der Waals surface area (Å²) < 4.78 is 32.1. The molecule has 1 aromatic heterocycles. The number of rotatable bonds is 4. The van der Waals surface area contributed by atoms with E-state index < -0.39 is 10.0 Å². The Hall–Kier alpha value is -2.10. The maximum Gasteiger partial charge on any atom is 0.248 e. The number of carbonyl (C=O) groups excluding carboxylic acids is 1. The fraction of sp³-hybridized carbons (Fsp3) is 0.444. The largest absolute Gasteiger partial charge is 0.399 e. The highest BCUT2D eigenvalue weighted by atomic mass is 35.5. The summed E-state index contributed by atoms with van der Waals surface area (Å²) in [5.41, 5.74) is 8.33. The van der Waals surface area contributed by atoms with Crippen LogP contribution in [-0.2, 0) is 14.8 Å². The Morgan fingerprint density at radius 1 is 1.25 bits per heavy atom. The molecular weight excluding hydrogens is 404 g/mol. The molecule has 0 bridgehead atoms. The number of aryl methyl sites for hydroxylation is 3. The number of nitrogens with two attached hydrogens (primary N) is 1. The van der Waals surface area contributed by atoms with Crippen LogP contribution >= 0.6 is 12.4 Å². The molecule has 1 saturated heterocycles. The summed E-state index contributed by atoms with van der Waals surface area (Å²) in [6, 6.07) is 5.36. The maximum atomic E-state index is 12.9. The number of nitrogens with zero attached hydrogens (tertiary/aromatic N) is 2. The van der Waals surface area contributed by atoms with Gasteiger partial charge >= 0.3 is 0 Å². The smallest absolute Gasteiger partial charge is 0.248 e. The molecule has 0 atom stereocenters. The molecular formula is C18H25ClN4O4S. The van der Waals surface area contributed by atoms with Crippen molar-refractivity contribution in [3.63, 3.8) is 0 Å². The summed E-state index contributed by atoms with van der Waals surface area (Å²) in [6.45, 7) is 5.65. The van der Waals surface area contributed by atoms with Crippen LogP contribution in [0.1, 0.15) is 29.9 Å². The lowest BCUT2D eigenvalue weighted by molar-refractivity contribution is -0.120. The molecule has 3 N–H and O–H groups in total. The van der Waals surface area contributed by atoms with Gasteiger partial charge in [-0.2, -0.15) is 4.31 Å². The summed E-state index contributed by atoms with van der Waals surface area (Å²) in [4.78, 5) is 12.7. The number of sulfonamides is 1. The lowest BCUT2D eigenvalue weighted by Crippen LogP contribution is -2.41. The summed E-state index contributed by atoms with van der Waals surface area (Å²) in [6.07, 6.45) is 0.908. The molecule has 8 nitrogen and oxygen atoms in total. The molecule has 154 valence electrons. The minimum absolute atomic E-state index is 0. The molecule has 1 aliphatic rings. The van der Waals surface area contributed by atoms with Crippen molar-refractivity contribution in [3.8, 4) is 0 Å². The second kappa shape index (κ2) is 8.50. The first-order valence-corrected chi connectivity index (χ1v) is 10.2. The fourth-order valence-electron chi connectivity index (χ4n) is 3.34. The number of anilines is 2. The molecule has 0 aliphatic carbocycles. The van der Waals surface area contributed by atoms with Crippen LogP contribution in [0, 0.1) is 26.7 Å². The van der Waals surface area contributed by atoms with Crippen LogP contribution in [0.5, 0.6) is 0 Å². The first-order chi connectivity index (χ1) is 12.7. The van der Waals surface area contributed by atoms with Crippen LogP contribution in [0.4, 0.5) is 11.4 Å². The number of carbonyl (C=O) groups is 1. The fourth-order valence-corrected chi connectivity index (χ4v) is 5.10. The van der Waals surface area contributed by atoms with E-state index in [0.717, 1.165) is 5.56 Å². The number of benzene rings is 1. The standard InChI is InChI=1S/C18H24N4O4S.ClH/c1-11-4-5-15(19)10-16(11)20-18(23)14-6-8-22(9-7-14)27(24,25)17-12(2)21-26-13(17)3;/h4-5,10,14H,6-9,19H2,1-3H3,(H,20,23);1H. The van der Waals surface area contributed by atoms with Crippen molar-refractivity contribution in [2.45, 2.75) is 38.5 Å². The molecule has 0 spiro atoms. The van der Waals surface area contributed by atoms with Crippen molar-refractivity contribution in [2.75, 3.05) is 24.1 Å². The Morgan fingerprint density at radius 2 is 1.89 bits per heavy atom. The van der Waals surface area contributed by atoms with Crippen LogP contribution in [0.2, 0.25) is 0 Å². The molecule has 1 aliphatic heterocycles. The van der Waals surface area contributed by atoms with Crippen LogP contribution in [0.15, 0.2) is 27.6 Å². The van der Waals surface area contributed by atoms with Crippen molar-refractivity contribution in [3.05, 3.63) is 35.2 Å². The zero-order chi connectivity index (χ0) is 19.8. The SMILES string of the molecule is Cc1ccc(N)cc1NC(=O)C1CCN(S(=O)(=O)c2c(C)noc2C)CC1.Cl. The molecule has 0 saturated carbocycles. The van der Waals surface area contributed by atoms with Gasteiger partial charge in [-0.3, -0.25) is 4.79 Å². The van der Waals surface area contributed by atoms with E-state index in [9.17, 15) is 13.2 Å². The molecule has 1 aromatic carbocycles. The van der Waals surface area contributed by atoms with E-state index in [2.05, 4.69) is 10.5 Å². The summed E-state index contributed by atoms with van der Waals surface area (Å²) in [5, 5.41) is 6.64. The molecule has 28 heavy (non-hydrogen) atoms. The highest BCUT2D eigenvalue weighted by molar-refractivity contribution is 7.89. The van der Waals surface area contributed by atoms with Crippen LogP contribution in [-0.4, -0.2) is 36.9 Å². The number of nitrogen functional groups attached to an aromatic ring is 1. The number of hydrogen-bond acceptors (Lipinski definition) is 6. The van der Waals surface area contributed by atoms with Gasteiger partial charge in [0, 0.05) is 30.4 Å².